The Morgan fingerprint density at radius 3 is 2.85 bits per heavy atom. The van der Waals surface area contributed by atoms with Crippen molar-refractivity contribution in [3.8, 4) is 5.75 Å². The van der Waals surface area contributed by atoms with Crippen molar-refractivity contribution >= 4 is 28.2 Å². The maximum Gasteiger partial charge on any atom is 0.254 e. The monoisotopic (exact) mass is 457 g/mol. The van der Waals surface area contributed by atoms with Gasteiger partial charge in [-0.05, 0) is 55.9 Å². The number of rotatable bonds is 4. The number of fused-ring (bicyclic) bond motifs is 1. The first-order chi connectivity index (χ1) is 16.7. The van der Waals surface area contributed by atoms with Gasteiger partial charge in [-0.1, -0.05) is 18.2 Å². The predicted molar refractivity (Wildman–Crippen MR) is 133 cm³/mol. The molecule has 176 valence electrons. The highest BCUT2D eigenvalue weighted by molar-refractivity contribution is 5.99. The van der Waals surface area contributed by atoms with Gasteiger partial charge in [0.15, 0.2) is 0 Å². The van der Waals surface area contributed by atoms with E-state index in [0.29, 0.717) is 18.7 Å². The van der Waals surface area contributed by atoms with Gasteiger partial charge in [-0.25, -0.2) is 0 Å². The number of anilines is 2. The molecule has 7 heteroatoms. The number of carbonyl (C=O) groups is 1. The van der Waals surface area contributed by atoms with Crippen molar-refractivity contribution in [2.75, 3.05) is 36.5 Å². The molecule has 7 nitrogen and oxygen atoms in total. The van der Waals surface area contributed by atoms with Crippen molar-refractivity contribution in [3.63, 3.8) is 0 Å². The summed E-state index contributed by atoms with van der Waals surface area (Å²) in [4.78, 5) is 17.6. The molecule has 34 heavy (non-hydrogen) atoms. The Balaban J connectivity index is 1.27. The average molecular weight is 458 g/mol. The molecule has 3 aliphatic heterocycles. The number of nitrogens with two attached hydrogens (primary N) is 1. The SMILES string of the molecule is NC1CCCN(C(=O)c2cc3c4c(c2)OCCN4[C@H](c2cc4ccccc4n2CC2CC2)N3)C1. The molecule has 4 heterocycles. The van der Waals surface area contributed by atoms with Crippen molar-refractivity contribution in [2.24, 2.45) is 11.7 Å². The van der Waals surface area contributed by atoms with Crippen LogP contribution < -0.4 is 20.7 Å². The highest BCUT2D eigenvalue weighted by atomic mass is 16.5. The number of nitrogens with one attached hydrogen (secondary N) is 1. The molecule has 1 saturated heterocycles. The third-order valence-corrected chi connectivity index (χ3v) is 7.81. The van der Waals surface area contributed by atoms with Crippen LogP contribution in [0.5, 0.6) is 5.75 Å². The number of piperidine rings is 1. The molecule has 1 aromatic heterocycles. The molecule has 1 unspecified atom stereocenters. The van der Waals surface area contributed by atoms with Gasteiger partial charge in [0.05, 0.1) is 17.9 Å². The van der Waals surface area contributed by atoms with Crippen LogP contribution in [0.1, 0.15) is 47.9 Å². The van der Waals surface area contributed by atoms with E-state index in [9.17, 15) is 4.79 Å². The van der Waals surface area contributed by atoms with E-state index in [0.717, 1.165) is 55.5 Å². The minimum absolute atomic E-state index is 0.0255. The minimum Gasteiger partial charge on any atom is -0.489 e. The van der Waals surface area contributed by atoms with E-state index in [1.54, 1.807) is 0 Å². The topological polar surface area (TPSA) is 75.8 Å². The highest BCUT2D eigenvalue weighted by Gasteiger charge is 2.39. The van der Waals surface area contributed by atoms with Crippen molar-refractivity contribution < 1.29 is 9.53 Å². The summed E-state index contributed by atoms with van der Waals surface area (Å²) in [6.07, 6.45) is 4.60. The number of amides is 1. The first-order valence-electron chi connectivity index (χ1n) is 12.6. The minimum atomic E-state index is 0.0255. The summed E-state index contributed by atoms with van der Waals surface area (Å²) >= 11 is 0. The summed E-state index contributed by atoms with van der Waals surface area (Å²) in [5.74, 6) is 1.62. The second kappa shape index (κ2) is 7.67. The van der Waals surface area contributed by atoms with Crippen LogP contribution in [-0.4, -0.2) is 47.7 Å². The van der Waals surface area contributed by atoms with Crippen LogP contribution in [0.2, 0.25) is 0 Å². The van der Waals surface area contributed by atoms with Gasteiger partial charge in [0.1, 0.15) is 24.2 Å². The molecule has 0 radical (unpaired) electrons. The van der Waals surface area contributed by atoms with Crippen molar-refractivity contribution in [3.05, 3.63) is 53.7 Å². The molecule has 4 aliphatic rings. The predicted octanol–water partition coefficient (Wildman–Crippen LogP) is 3.94. The van der Waals surface area contributed by atoms with Crippen molar-refractivity contribution in [1.29, 1.82) is 0 Å². The number of hydrogen-bond acceptors (Lipinski definition) is 5. The van der Waals surface area contributed by atoms with Crippen LogP contribution in [0.15, 0.2) is 42.5 Å². The lowest BCUT2D eigenvalue weighted by Gasteiger charge is -2.33. The first-order valence-corrected chi connectivity index (χ1v) is 12.6. The maximum atomic E-state index is 13.3. The molecule has 2 atom stereocenters. The lowest BCUT2D eigenvalue weighted by atomic mass is 10.0. The molecule has 2 fully saturated rings. The molecule has 2 aromatic carbocycles. The lowest BCUT2D eigenvalue weighted by Crippen LogP contribution is -2.45. The van der Waals surface area contributed by atoms with Crippen LogP contribution in [0, 0.1) is 5.92 Å². The van der Waals surface area contributed by atoms with E-state index in [2.05, 4.69) is 45.1 Å². The number of aromatic nitrogens is 1. The molecular formula is C27H31N5O2. The second-order valence-electron chi connectivity index (χ2n) is 10.3. The Bertz CT molecular complexity index is 1280. The van der Waals surface area contributed by atoms with Gasteiger partial charge in [-0.15, -0.1) is 0 Å². The summed E-state index contributed by atoms with van der Waals surface area (Å²) in [6, 6.07) is 15.0. The van der Waals surface area contributed by atoms with E-state index in [1.807, 2.05) is 17.0 Å². The number of para-hydroxylation sites is 1. The van der Waals surface area contributed by atoms with Crippen molar-refractivity contribution in [1.82, 2.24) is 9.47 Å². The first kappa shape index (κ1) is 20.2. The van der Waals surface area contributed by atoms with Crippen LogP contribution in [0.25, 0.3) is 10.9 Å². The molecular weight excluding hydrogens is 426 g/mol. The number of hydrogen-bond donors (Lipinski definition) is 2. The Morgan fingerprint density at radius 2 is 2.00 bits per heavy atom. The van der Waals surface area contributed by atoms with E-state index in [-0.39, 0.29) is 18.1 Å². The molecule has 3 aromatic rings. The number of likely N-dealkylation sites (tertiary alicyclic amines) is 1. The van der Waals surface area contributed by atoms with E-state index >= 15 is 0 Å². The summed E-state index contributed by atoms with van der Waals surface area (Å²) in [7, 11) is 0. The zero-order valence-electron chi connectivity index (χ0n) is 19.4. The van der Waals surface area contributed by atoms with E-state index < -0.39 is 0 Å². The highest BCUT2D eigenvalue weighted by Crippen LogP contribution is 2.50. The van der Waals surface area contributed by atoms with Crippen LogP contribution >= 0.6 is 0 Å². The zero-order chi connectivity index (χ0) is 22.8. The van der Waals surface area contributed by atoms with Gasteiger partial charge in [0.25, 0.3) is 5.91 Å². The van der Waals surface area contributed by atoms with Crippen LogP contribution in [0.3, 0.4) is 0 Å². The third kappa shape index (κ3) is 3.25. The average Bonchev–Trinajstić information content (AvgIpc) is 3.50. The second-order valence-corrected chi connectivity index (χ2v) is 10.3. The lowest BCUT2D eigenvalue weighted by molar-refractivity contribution is 0.0708. The fourth-order valence-corrected chi connectivity index (χ4v) is 5.93. The number of carbonyl (C=O) groups excluding carboxylic acids is 1. The van der Waals surface area contributed by atoms with Gasteiger partial charge in [0.2, 0.25) is 0 Å². The van der Waals surface area contributed by atoms with E-state index in [4.69, 9.17) is 10.5 Å². The molecule has 0 bridgehead atoms. The van der Waals surface area contributed by atoms with Crippen LogP contribution in [-0.2, 0) is 6.54 Å². The molecule has 1 saturated carbocycles. The fourth-order valence-electron chi connectivity index (χ4n) is 5.93. The molecule has 7 rings (SSSR count). The summed E-state index contributed by atoms with van der Waals surface area (Å²) in [5.41, 5.74) is 11.5. The fraction of sp³-hybridized carbons (Fsp3) is 0.444. The van der Waals surface area contributed by atoms with Gasteiger partial charge < -0.3 is 30.2 Å². The van der Waals surface area contributed by atoms with E-state index in [1.165, 1.54) is 29.4 Å². The maximum absolute atomic E-state index is 13.3. The van der Waals surface area contributed by atoms with Gasteiger partial charge in [0, 0.05) is 42.1 Å². The van der Waals surface area contributed by atoms with Crippen molar-refractivity contribution in [2.45, 2.75) is 44.4 Å². The zero-order valence-corrected chi connectivity index (χ0v) is 19.4. The van der Waals surface area contributed by atoms with Gasteiger partial charge >= 0.3 is 0 Å². The Labute approximate surface area is 199 Å². The number of benzene rings is 2. The summed E-state index contributed by atoms with van der Waals surface area (Å²) < 4.78 is 8.58. The molecule has 1 amide bonds. The Kier molecular flexibility index (Phi) is 4.56. The number of nitrogens with zero attached hydrogens (tertiary/aromatic N) is 3. The largest absolute Gasteiger partial charge is 0.489 e. The quantitative estimate of drug-likeness (QED) is 0.621. The normalized spacial score (nSPS) is 23.6. The summed E-state index contributed by atoms with van der Waals surface area (Å²) in [6.45, 7) is 3.88. The molecule has 1 aliphatic carbocycles. The molecule has 0 spiro atoms. The third-order valence-electron chi connectivity index (χ3n) is 7.81. The van der Waals surface area contributed by atoms with Gasteiger partial charge in [-0.3, -0.25) is 4.79 Å². The Hall–Kier alpha value is -3.19. The van der Waals surface area contributed by atoms with Crippen LogP contribution in [0.4, 0.5) is 11.4 Å². The standard InChI is InChI=1S/C27H31N5O2/c28-20-5-3-9-30(16-20)27(33)19-12-21-25-24(14-19)34-11-10-31(25)26(29-21)23-13-18-4-1-2-6-22(18)32(23)15-17-7-8-17/h1-2,4,6,12-14,17,20,26,29H,3,5,7-11,15-16,28H2/t20?,26-/m1/s1. The smallest absolute Gasteiger partial charge is 0.254 e. The summed E-state index contributed by atoms with van der Waals surface area (Å²) in [5, 5.41) is 5.04. The van der Waals surface area contributed by atoms with Gasteiger partial charge in [-0.2, -0.15) is 0 Å². The molecule has 3 N–H and O–H groups in total. The Morgan fingerprint density at radius 1 is 1.12 bits per heavy atom. The number of ether oxygens (including phenoxy) is 1.